The molecule has 0 bridgehead atoms. The van der Waals surface area contributed by atoms with E-state index >= 15 is 0 Å². The highest BCUT2D eigenvalue weighted by Gasteiger charge is 2.23. The van der Waals surface area contributed by atoms with E-state index in [4.69, 9.17) is 9.47 Å². The molecule has 1 amide bonds. The quantitative estimate of drug-likeness (QED) is 0.791. The molecule has 1 aromatic heterocycles. The molecule has 0 aliphatic carbocycles. The first kappa shape index (κ1) is 17.9. The summed E-state index contributed by atoms with van der Waals surface area (Å²) in [7, 11) is 1.39. The van der Waals surface area contributed by atoms with Crippen LogP contribution in [-0.2, 0) is 9.53 Å². The van der Waals surface area contributed by atoms with E-state index in [1.807, 2.05) is 20.8 Å². The predicted molar refractivity (Wildman–Crippen MR) is 80.0 cm³/mol. The van der Waals surface area contributed by atoms with Crippen molar-refractivity contribution < 1.29 is 24.2 Å². The molecule has 7 nitrogen and oxygen atoms in total. The van der Waals surface area contributed by atoms with Gasteiger partial charge in [0.2, 0.25) is 5.88 Å². The van der Waals surface area contributed by atoms with Crippen LogP contribution in [0.15, 0.2) is 18.3 Å². The third-order valence-electron chi connectivity index (χ3n) is 2.75. The van der Waals surface area contributed by atoms with E-state index < -0.39 is 17.9 Å². The molecule has 0 radical (unpaired) electrons. The summed E-state index contributed by atoms with van der Waals surface area (Å²) in [6.07, 6.45) is 1.66. The summed E-state index contributed by atoms with van der Waals surface area (Å²) >= 11 is 0. The number of carbonyl (C=O) groups is 2. The van der Waals surface area contributed by atoms with Gasteiger partial charge in [0.25, 0.3) is 5.91 Å². The van der Waals surface area contributed by atoms with Crippen LogP contribution < -0.4 is 10.1 Å². The maximum absolute atomic E-state index is 12.2. The molecule has 2 N–H and O–H groups in total. The van der Waals surface area contributed by atoms with E-state index in [1.54, 1.807) is 6.07 Å². The lowest BCUT2D eigenvalue weighted by molar-refractivity contribution is -0.140. The zero-order chi connectivity index (χ0) is 16.8. The fourth-order valence-corrected chi connectivity index (χ4v) is 1.70. The van der Waals surface area contributed by atoms with E-state index in [0.29, 0.717) is 0 Å². The summed E-state index contributed by atoms with van der Waals surface area (Å²) < 4.78 is 10.5. The second-order valence-corrected chi connectivity index (χ2v) is 5.67. The van der Waals surface area contributed by atoms with Crippen LogP contribution in [0.1, 0.15) is 37.6 Å². The summed E-state index contributed by atoms with van der Waals surface area (Å²) in [6, 6.07) is 2.06. The van der Waals surface area contributed by atoms with Gasteiger partial charge in [0, 0.05) is 19.2 Å². The molecule has 0 fully saturated rings. The number of carboxylic acid groups (broad SMARTS) is 1. The molecular formula is C15H22N2O5. The van der Waals surface area contributed by atoms with Crippen LogP contribution in [0.3, 0.4) is 0 Å². The number of methoxy groups -OCH3 is 1. The molecule has 0 aliphatic rings. The molecule has 1 heterocycles. The van der Waals surface area contributed by atoms with Crippen molar-refractivity contribution in [1.82, 2.24) is 10.3 Å². The topological polar surface area (TPSA) is 97.8 Å². The first-order valence-electron chi connectivity index (χ1n) is 6.91. The van der Waals surface area contributed by atoms with Crippen molar-refractivity contribution in [2.45, 2.75) is 38.8 Å². The minimum atomic E-state index is -1.12. The van der Waals surface area contributed by atoms with Crippen LogP contribution in [0.25, 0.3) is 0 Å². The number of ether oxygens (including phenoxy) is 2. The van der Waals surface area contributed by atoms with Crippen molar-refractivity contribution in [1.29, 1.82) is 0 Å². The van der Waals surface area contributed by atoms with Crippen LogP contribution in [-0.4, -0.2) is 47.3 Å². The summed E-state index contributed by atoms with van der Waals surface area (Å²) in [5.74, 6) is -1.52. The van der Waals surface area contributed by atoms with Gasteiger partial charge in [-0.3, -0.25) is 4.79 Å². The van der Waals surface area contributed by atoms with Crippen LogP contribution >= 0.6 is 0 Å². The van der Waals surface area contributed by atoms with Gasteiger partial charge in [-0.1, -0.05) is 0 Å². The molecule has 122 valence electrons. The summed E-state index contributed by atoms with van der Waals surface area (Å²) in [6.45, 7) is 5.86. The van der Waals surface area contributed by atoms with Crippen molar-refractivity contribution in [3.63, 3.8) is 0 Å². The van der Waals surface area contributed by atoms with Gasteiger partial charge in [0.15, 0.2) is 0 Å². The molecule has 1 rings (SSSR count). The fraction of sp³-hybridized carbons (Fsp3) is 0.533. The Morgan fingerprint density at radius 1 is 1.41 bits per heavy atom. The van der Waals surface area contributed by atoms with Crippen molar-refractivity contribution in [2.24, 2.45) is 0 Å². The van der Waals surface area contributed by atoms with E-state index in [1.165, 1.54) is 19.4 Å². The third-order valence-corrected chi connectivity index (χ3v) is 2.75. The van der Waals surface area contributed by atoms with Gasteiger partial charge in [-0.25, -0.2) is 9.78 Å². The van der Waals surface area contributed by atoms with Crippen LogP contribution in [0, 0.1) is 0 Å². The highest BCUT2D eigenvalue weighted by atomic mass is 16.5. The number of rotatable bonds is 7. The zero-order valence-corrected chi connectivity index (χ0v) is 13.3. The van der Waals surface area contributed by atoms with E-state index in [0.717, 1.165) is 0 Å². The van der Waals surface area contributed by atoms with Gasteiger partial charge in [-0.05, 0) is 32.9 Å². The van der Waals surface area contributed by atoms with Gasteiger partial charge >= 0.3 is 5.97 Å². The van der Waals surface area contributed by atoms with Gasteiger partial charge < -0.3 is 19.9 Å². The molecule has 0 spiro atoms. The summed E-state index contributed by atoms with van der Waals surface area (Å²) in [4.78, 5) is 27.3. The molecule has 0 saturated carbocycles. The normalized spacial score (nSPS) is 12.5. The monoisotopic (exact) mass is 310 g/mol. The van der Waals surface area contributed by atoms with Crippen molar-refractivity contribution in [3.8, 4) is 5.88 Å². The average molecular weight is 310 g/mol. The number of carbonyl (C=O) groups excluding carboxylic acids is 1. The lowest BCUT2D eigenvalue weighted by Gasteiger charge is -2.21. The number of nitrogens with one attached hydrogen (secondary N) is 1. The maximum Gasteiger partial charge on any atom is 0.326 e. The molecule has 0 aromatic carbocycles. The lowest BCUT2D eigenvalue weighted by atomic mass is 10.1. The minimum absolute atomic E-state index is 0.148. The Morgan fingerprint density at radius 2 is 2.09 bits per heavy atom. The highest BCUT2D eigenvalue weighted by molar-refractivity contribution is 5.98. The second-order valence-electron chi connectivity index (χ2n) is 5.67. The average Bonchev–Trinajstić information content (AvgIpc) is 2.44. The number of nitrogens with zero attached hydrogens (tertiary/aromatic N) is 1. The Morgan fingerprint density at radius 3 is 2.64 bits per heavy atom. The number of hydrogen-bond acceptors (Lipinski definition) is 5. The van der Waals surface area contributed by atoms with Gasteiger partial charge in [0.1, 0.15) is 11.6 Å². The first-order chi connectivity index (χ1) is 10.2. The predicted octanol–water partition coefficient (Wildman–Crippen LogP) is 1.48. The zero-order valence-electron chi connectivity index (χ0n) is 13.3. The first-order valence-corrected chi connectivity index (χ1v) is 6.91. The molecular weight excluding hydrogens is 288 g/mol. The molecule has 0 aliphatic heterocycles. The molecule has 22 heavy (non-hydrogen) atoms. The number of pyridine rings is 1. The molecule has 1 unspecified atom stereocenters. The van der Waals surface area contributed by atoms with E-state index in [-0.39, 0.29) is 30.1 Å². The van der Waals surface area contributed by atoms with Gasteiger partial charge in [-0.2, -0.15) is 0 Å². The Labute approximate surface area is 129 Å². The van der Waals surface area contributed by atoms with E-state index in [9.17, 15) is 14.7 Å². The number of hydrogen-bond donors (Lipinski definition) is 2. The SMILES string of the molecule is COc1ncccc1C(=O)NC(CCOC(C)(C)C)C(=O)O. The number of aromatic nitrogens is 1. The number of amides is 1. The molecule has 0 saturated heterocycles. The van der Waals surface area contributed by atoms with Gasteiger partial charge in [-0.15, -0.1) is 0 Å². The standard InChI is InChI=1S/C15H22N2O5/c1-15(2,3)22-9-7-11(14(19)20)17-12(18)10-6-5-8-16-13(10)21-4/h5-6,8,11H,7,9H2,1-4H3,(H,17,18)(H,19,20). The van der Waals surface area contributed by atoms with Crippen molar-refractivity contribution in [3.05, 3.63) is 23.9 Å². The van der Waals surface area contributed by atoms with Crippen LogP contribution in [0.5, 0.6) is 5.88 Å². The van der Waals surface area contributed by atoms with Crippen molar-refractivity contribution in [2.75, 3.05) is 13.7 Å². The van der Waals surface area contributed by atoms with Crippen LogP contribution in [0.2, 0.25) is 0 Å². The second kappa shape index (κ2) is 7.74. The Kier molecular flexibility index (Phi) is 6.30. The highest BCUT2D eigenvalue weighted by Crippen LogP contribution is 2.14. The number of aliphatic carboxylic acids is 1. The van der Waals surface area contributed by atoms with Gasteiger partial charge in [0.05, 0.1) is 12.7 Å². The fourth-order valence-electron chi connectivity index (χ4n) is 1.70. The lowest BCUT2D eigenvalue weighted by Crippen LogP contribution is -2.42. The Bertz CT molecular complexity index is 525. The minimum Gasteiger partial charge on any atom is -0.480 e. The molecule has 7 heteroatoms. The molecule has 1 aromatic rings. The maximum atomic E-state index is 12.2. The van der Waals surface area contributed by atoms with Crippen molar-refractivity contribution >= 4 is 11.9 Å². The summed E-state index contributed by atoms with van der Waals surface area (Å²) in [5.41, 5.74) is -0.174. The third kappa shape index (κ3) is 5.69. The largest absolute Gasteiger partial charge is 0.480 e. The van der Waals surface area contributed by atoms with E-state index in [2.05, 4.69) is 10.3 Å². The smallest absolute Gasteiger partial charge is 0.326 e. The van der Waals surface area contributed by atoms with Crippen LogP contribution in [0.4, 0.5) is 0 Å². The Hall–Kier alpha value is -2.15. The number of carboxylic acids is 1. The summed E-state index contributed by atoms with van der Waals surface area (Å²) in [5, 5.41) is 11.7. The Balaban J connectivity index is 2.70. The molecule has 1 atom stereocenters.